The Labute approximate surface area is 195 Å². The lowest BCUT2D eigenvalue weighted by Crippen LogP contribution is -2.28. The summed E-state index contributed by atoms with van der Waals surface area (Å²) in [6.45, 7) is 4.43. The number of carboxylic acid groups (broad SMARTS) is 1. The van der Waals surface area contributed by atoms with E-state index in [1.54, 1.807) is 25.4 Å². The van der Waals surface area contributed by atoms with Gasteiger partial charge in [-0.15, -0.1) is 0 Å². The van der Waals surface area contributed by atoms with Gasteiger partial charge in [0.1, 0.15) is 11.3 Å². The van der Waals surface area contributed by atoms with E-state index in [0.29, 0.717) is 53.4 Å². The monoisotopic (exact) mass is 467 g/mol. The van der Waals surface area contributed by atoms with Gasteiger partial charge in [-0.3, -0.25) is 9.89 Å². The van der Waals surface area contributed by atoms with Crippen LogP contribution in [0.25, 0.3) is 27.5 Å². The summed E-state index contributed by atoms with van der Waals surface area (Å²) in [6.07, 6.45) is 3.21. The lowest BCUT2D eigenvalue weighted by Gasteiger charge is -2.29. The van der Waals surface area contributed by atoms with E-state index in [2.05, 4.69) is 10.2 Å². The van der Waals surface area contributed by atoms with E-state index in [9.17, 15) is 14.3 Å². The Bertz CT molecular complexity index is 1390. The lowest BCUT2D eigenvalue weighted by atomic mass is 9.82. The Morgan fingerprint density at radius 1 is 1.26 bits per heavy atom. The topological polar surface area (TPSA) is 80.1 Å². The summed E-state index contributed by atoms with van der Waals surface area (Å²) in [5, 5.41) is 17.5. The van der Waals surface area contributed by atoms with Crippen molar-refractivity contribution in [3.8, 4) is 5.69 Å². The van der Waals surface area contributed by atoms with Crippen molar-refractivity contribution in [2.75, 3.05) is 13.7 Å². The molecule has 178 valence electrons. The van der Waals surface area contributed by atoms with Gasteiger partial charge in [-0.25, -0.2) is 8.78 Å². The van der Waals surface area contributed by atoms with E-state index >= 15 is 4.39 Å². The number of aromatic amines is 1. The number of rotatable bonds is 6. The largest absolute Gasteiger partial charge is 0.481 e. The van der Waals surface area contributed by atoms with Gasteiger partial charge in [-0.1, -0.05) is 13.8 Å². The van der Waals surface area contributed by atoms with Crippen LogP contribution in [0, 0.1) is 17.6 Å². The highest BCUT2D eigenvalue weighted by Crippen LogP contribution is 2.49. The Kier molecular flexibility index (Phi) is 5.43. The van der Waals surface area contributed by atoms with E-state index < -0.39 is 23.1 Å². The minimum absolute atomic E-state index is 0.133. The maximum Gasteiger partial charge on any atom is 0.306 e. The van der Waals surface area contributed by atoms with E-state index in [1.807, 2.05) is 24.5 Å². The van der Waals surface area contributed by atoms with E-state index in [0.717, 1.165) is 11.3 Å². The summed E-state index contributed by atoms with van der Waals surface area (Å²) >= 11 is 0. The molecular weight excluding hydrogens is 440 g/mol. The molecule has 1 fully saturated rings. The number of ether oxygens (including phenoxy) is 1. The van der Waals surface area contributed by atoms with Gasteiger partial charge in [0.15, 0.2) is 5.82 Å². The number of carboxylic acids is 1. The molecule has 1 unspecified atom stereocenters. The molecule has 1 aliphatic carbocycles. The molecular formula is C26H27F2N3O3. The fraction of sp³-hybridized carbons (Fsp3) is 0.385. The van der Waals surface area contributed by atoms with Gasteiger partial charge >= 0.3 is 5.97 Å². The predicted molar refractivity (Wildman–Crippen MR) is 125 cm³/mol. The SMILES string of the molecule is COCC(C)(C)c1c([C@@H]2CCC(C(=O)O)C2)c2c(F)c3[nH]ncc3cc2n1-c1ccc(F)cc1. The van der Waals surface area contributed by atoms with Crippen LogP contribution in [0.4, 0.5) is 8.78 Å². The smallest absolute Gasteiger partial charge is 0.306 e. The molecule has 1 saturated carbocycles. The normalized spacial score (nSPS) is 18.9. The van der Waals surface area contributed by atoms with Crippen LogP contribution in [0.15, 0.2) is 36.5 Å². The molecule has 2 atom stereocenters. The molecule has 5 rings (SSSR count). The third-order valence-corrected chi connectivity index (χ3v) is 7.07. The van der Waals surface area contributed by atoms with Crippen LogP contribution in [-0.4, -0.2) is 39.6 Å². The molecule has 6 nitrogen and oxygen atoms in total. The molecule has 2 aromatic heterocycles. The number of carbonyl (C=O) groups is 1. The van der Waals surface area contributed by atoms with Crippen LogP contribution in [-0.2, 0) is 14.9 Å². The molecule has 0 spiro atoms. The van der Waals surface area contributed by atoms with Crippen molar-refractivity contribution < 1.29 is 23.4 Å². The average molecular weight is 468 g/mol. The highest BCUT2D eigenvalue weighted by Gasteiger charge is 2.40. The quantitative estimate of drug-likeness (QED) is 0.383. The van der Waals surface area contributed by atoms with Crippen molar-refractivity contribution in [2.24, 2.45) is 5.92 Å². The van der Waals surface area contributed by atoms with Crippen molar-refractivity contribution in [3.63, 3.8) is 0 Å². The van der Waals surface area contributed by atoms with Crippen molar-refractivity contribution in [2.45, 2.75) is 44.4 Å². The van der Waals surface area contributed by atoms with Crippen molar-refractivity contribution >= 4 is 27.8 Å². The zero-order valence-corrected chi connectivity index (χ0v) is 19.4. The Morgan fingerprint density at radius 3 is 2.65 bits per heavy atom. The second-order valence-corrected chi connectivity index (χ2v) is 9.86. The summed E-state index contributed by atoms with van der Waals surface area (Å²) in [5.41, 5.74) is 2.77. The van der Waals surface area contributed by atoms with E-state index in [-0.39, 0.29) is 11.7 Å². The molecule has 2 aromatic carbocycles. The Balaban J connectivity index is 1.91. The fourth-order valence-corrected chi connectivity index (χ4v) is 5.65. The second-order valence-electron chi connectivity index (χ2n) is 9.86. The standard InChI is InChI=1S/C26H27F2N3O3/c1-26(2,13-34-3)24-20(14-4-5-15(10-14)25(32)33)21-19(11-16-12-29-30-23(16)22(21)28)31(24)18-8-6-17(27)7-9-18/h6-9,11-12,14-15H,4-5,10,13H2,1-3H3,(H,29,30)(H,32,33)/t14-,15?/m1/s1. The molecule has 0 aliphatic heterocycles. The van der Waals surface area contributed by atoms with Crippen LogP contribution >= 0.6 is 0 Å². The van der Waals surface area contributed by atoms with Gasteiger partial charge in [0.25, 0.3) is 0 Å². The summed E-state index contributed by atoms with van der Waals surface area (Å²) in [6, 6.07) is 8.02. The number of nitrogens with one attached hydrogen (secondary N) is 1. The molecule has 34 heavy (non-hydrogen) atoms. The van der Waals surface area contributed by atoms with E-state index in [4.69, 9.17) is 4.74 Å². The first kappa shape index (κ1) is 22.5. The van der Waals surface area contributed by atoms with Crippen LogP contribution in [0.1, 0.15) is 50.3 Å². The molecule has 4 aromatic rings. The number of methoxy groups -OCH3 is 1. The van der Waals surface area contributed by atoms with Crippen LogP contribution in [0.3, 0.4) is 0 Å². The van der Waals surface area contributed by atoms with Crippen molar-refractivity contribution in [1.29, 1.82) is 0 Å². The van der Waals surface area contributed by atoms with Gasteiger partial charge in [-0.05, 0) is 61.1 Å². The first-order valence-electron chi connectivity index (χ1n) is 11.4. The molecule has 0 amide bonds. The lowest BCUT2D eigenvalue weighted by molar-refractivity contribution is -0.141. The van der Waals surface area contributed by atoms with Crippen LogP contribution < -0.4 is 0 Å². The van der Waals surface area contributed by atoms with E-state index in [1.165, 1.54) is 12.1 Å². The van der Waals surface area contributed by atoms with Crippen molar-refractivity contribution in [1.82, 2.24) is 14.8 Å². The zero-order valence-electron chi connectivity index (χ0n) is 19.4. The number of fused-ring (bicyclic) bond motifs is 2. The first-order valence-corrected chi connectivity index (χ1v) is 11.4. The maximum absolute atomic E-state index is 16.1. The molecule has 1 aliphatic rings. The first-order chi connectivity index (χ1) is 16.2. The third-order valence-electron chi connectivity index (χ3n) is 7.07. The Morgan fingerprint density at radius 2 is 2.00 bits per heavy atom. The number of hydrogen-bond acceptors (Lipinski definition) is 3. The maximum atomic E-state index is 16.1. The zero-order chi connectivity index (χ0) is 24.2. The number of aromatic nitrogens is 3. The predicted octanol–water partition coefficient (Wildman–Crippen LogP) is 5.68. The number of aliphatic carboxylic acids is 1. The molecule has 8 heteroatoms. The second kappa shape index (κ2) is 8.20. The van der Waals surface area contributed by atoms with Crippen LogP contribution in [0.5, 0.6) is 0 Å². The third kappa shape index (κ3) is 3.48. The summed E-state index contributed by atoms with van der Waals surface area (Å²) in [7, 11) is 1.62. The van der Waals surface area contributed by atoms with Gasteiger partial charge < -0.3 is 14.4 Å². The van der Waals surface area contributed by atoms with Crippen molar-refractivity contribution in [3.05, 3.63) is 59.4 Å². The highest BCUT2D eigenvalue weighted by atomic mass is 19.1. The summed E-state index contributed by atoms with van der Waals surface area (Å²) in [4.78, 5) is 11.7. The van der Waals surface area contributed by atoms with Gasteiger partial charge in [0, 0.05) is 34.7 Å². The minimum Gasteiger partial charge on any atom is -0.481 e. The number of hydrogen-bond donors (Lipinski definition) is 2. The highest BCUT2D eigenvalue weighted by molar-refractivity contribution is 6.00. The Hall–Kier alpha value is -3.26. The van der Waals surface area contributed by atoms with Gasteiger partial charge in [-0.2, -0.15) is 5.10 Å². The molecule has 2 N–H and O–H groups in total. The number of nitrogens with zero attached hydrogens (tertiary/aromatic N) is 2. The molecule has 0 radical (unpaired) electrons. The van der Waals surface area contributed by atoms with Gasteiger partial charge in [0.05, 0.1) is 24.2 Å². The summed E-state index contributed by atoms with van der Waals surface area (Å²) in [5.74, 6) is -2.19. The number of halogens is 2. The number of H-pyrrole nitrogens is 1. The molecule has 2 heterocycles. The average Bonchev–Trinajstić information content (AvgIpc) is 3.51. The minimum atomic E-state index is -0.820. The summed E-state index contributed by atoms with van der Waals surface area (Å²) < 4.78 is 37.5. The molecule has 0 bridgehead atoms. The number of benzene rings is 2. The van der Waals surface area contributed by atoms with Crippen LogP contribution in [0.2, 0.25) is 0 Å². The fourth-order valence-electron chi connectivity index (χ4n) is 5.65. The molecule has 0 saturated heterocycles. The van der Waals surface area contributed by atoms with Gasteiger partial charge in [0.2, 0.25) is 0 Å².